The molecule has 0 aliphatic rings. The Morgan fingerprint density at radius 3 is 2.47 bits per heavy atom. The Kier molecular flexibility index (Phi) is 3.82. The Morgan fingerprint density at radius 2 is 1.88 bits per heavy atom. The molecule has 2 rings (SSSR count). The van der Waals surface area contributed by atoms with Crippen molar-refractivity contribution in [1.29, 1.82) is 0 Å². The minimum Gasteiger partial charge on any atom is -0.232 e. The molecule has 0 aliphatic carbocycles. The van der Waals surface area contributed by atoms with Crippen LogP contribution in [0.15, 0.2) is 42.5 Å². The average molecular weight is 266 g/mol. The van der Waals surface area contributed by atoms with Gasteiger partial charge in [0.2, 0.25) is 0 Å². The molecule has 2 aromatic carbocycles. The van der Waals surface area contributed by atoms with Crippen LogP contribution in [0.2, 0.25) is 5.02 Å². The highest BCUT2D eigenvalue weighted by Crippen LogP contribution is 2.25. The summed E-state index contributed by atoms with van der Waals surface area (Å²) in [5, 5.41) is 0.460. The highest BCUT2D eigenvalue weighted by atomic mass is 35.5. The van der Waals surface area contributed by atoms with Gasteiger partial charge in [-0.1, -0.05) is 41.9 Å². The van der Waals surface area contributed by atoms with E-state index in [1.165, 1.54) is 0 Å². The van der Waals surface area contributed by atoms with Gasteiger partial charge in [-0.05, 0) is 34.9 Å². The third-order valence-corrected chi connectivity index (χ3v) is 3.31. The zero-order valence-corrected chi connectivity index (χ0v) is 10.5. The van der Waals surface area contributed by atoms with Crippen molar-refractivity contribution in [2.24, 2.45) is 0 Å². The third-order valence-electron chi connectivity index (χ3n) is 2.36. The number of rotatable bonds is 3. The minimum absolute atomic E-state index is 0.0419. The number of benzene rings is 2. The van der Waals surface area contributed by atoms with E-state index < -0.39 is 10.7 Å². The molecule has 0 aliphatic heterocycles. The van der Waals surface area contributed by atoms with Gasteiger partial charge in [-0.3, -0.25) is 0 Å². The highest BCUT2D eigenvalue weighted by molar-refractivity contribution is 7.71. The first-order valence-electron chi connectivity index (χ1n) is 5.04. The number of hydrogen-bond donors (Lipinski definition) is 1. The second-order valence-electron chi connectivity index (χ2n) is 3.58. The van der Waals surface area contributed by atoms with E-state index in [0.717, 1.165) is 11.1 Å². The molecule has 0 atom stereocenters. The molecule has 0 fully saturated rings. The molecule has 0 spiro atoms. The zero-order chi connectivity index (χ0) is 12.3. The maximum atomic E-state index is 10.6. The molecule has 0 bridgehead atoms. The van der Waals surface area contributed by atoms with Gasteiger partial charge in [0.15, 0.2) is 0 Å². The number of thiol groups is 1. The molecule has 87 valence electrons. The smallest absolute Gasteiger partial charge is 0.144 e. The fraction of sp³-hybridized carbons (Fsp3) is 0.0769. The molecule has 0 heterocycles. The summed E-state index contributed by atoms with van der Waals surface area (Å²) in [5.74, 6) is -0.0419. The Hall–Kier alpha value is -1.32. The van der Waals surface area contributed by atoms with Gasteiger partial charge >= 0.3 is 0 Å². The first kappa shape index (κ1) is 12.1. The van der Waals surface area contributed by atoms with E-state index in [-0.39, 0.29) is 5.75 Å². The van der Waals surface area contributed by atoms with Crippen molar-refractivity contribution in [3.05, 3.63) is 59.1 Å². The molecule has 0 saturated heterocycles. The summed E-state index contributed by atoms with van der Waals surface area (Å²) in [6.07, 6.45) is 0. The van der Waals surface area contributed by atoms with E-state index in [1.54, 1.807) is 12.1 Å². The highest BCUT2D eigenvalue weighted by Gasteiger charge is 2.04. The van der Waals surface area contributed by atoms with Crippen molar-refractivity contribution in [3.8, 4) is 11.1 Å². The van der Waals surface area contributed by atoms with Crippen molar-refractivity contribution < 1.29 is 8.42 Å². The van der Waals surface area contributed by atoms with Gasteiger partial charge in [-0.25, -0.2) is 8.42 Å². The van der Waals surface area contributed by atoms with Crippen LogP contribution in [-0.4, -0.2) is 8.42 Å². The van der Waals surface area contributed by atoms with Crippen molar-refractivity contribution in [3.63, 3.8) is 0 Å². The van der Waals surface area contributed by atoms with Gasteiger partial charge in [0, 0.05) is 5.02 Å². The van der Waals surface area contributed by atoms with E-state index in [0.29, 0.717) is 10.6 Å². The quantitative estimate of drug-likeness (QED) is 0.866. The topological polar surface area (TPSA) is 34.1 Å². The fourth-order valence-electron chi connectivity index (χ4n) is 1.54. The van der Waals surface area contributed by atoms with E-state index in [1.807, 2.05) is 30.3 Å². The third kappa shape index (κ3) is 3.08. The number of hydrogen-bond acceptors (Lipinski definition) is 2. The van der Waals surface area contributed by atoms with Gasteiger partial charge in [-0.2, -0.15) is 0 Å². The minimum atomic E-state index is -2.46. The molecule has 0 amide bonds. The maximum absolute atomic E-state index is 10.6. The van der Waals surface area contributed by atoms with Crippen LogP contribution in [0.25, 0.3) is 11.1 Å². The summed E-state index contributed by atoms with van der Waals surface area (Å²) in [6.45, 7) is 0. The molecule has 2 aromatic rings. The normalized spacial score (nSPS) is 10.7. The summed E-state index contributed by atoms with van der Waals surface area (Å²) < 4.78 is 21.3. The molecule has 2 nitrogen and oxygen atoms in total. The van der Waals surface area contributed by atoms with Crippen molar-refractivity contribution in [1.82, 2.24) is 0 Å². The van der Waals surface area contributed by atoms with Crippen LogP contribution in [0.4, 0.5) is 0 Å². The second-order valence-corrected chi connectivity index (χ2v) is 4.97. The first-order chi connectivity index (χ1) is 8.16. The van der Waals surface area contributed by atoms with Crippen molar-refractivity contribution in [2.45, 2.75) is 5.75 Å². The SMILES string of the molecule is O=[SH](=O)Cc1c[c]c(-c2ccccc2)cc1Cl. The number of halogens is 1. The Labute approximate surface area is 107 Å². The average Bonchev–Trinajstić information content (AvgIpc) is 2.32. The molecule has 0 aromatic heterocycles. The fourth-order valence-corrected chi connectivity index (χ4v) is 2.40. The van der Waals surface area contributed by atoms with E-state index in [2.05, 4.69) is 6.07 Å². The van der Waals surface area contributed by atoms with Crippen molar-refractivity contribution >= 4 is 22.3 Å². The molecule has 0 N–H and O–H groups in total. The van der Waals surface area contributed by atoms with Gasteiger partial charge in [0.05, 0.1) is 5.75 Å². The molecule has 0 saturated carbocycles. The van der Waals surface area contributed by atoms with E-state index in [9.17, 15) is 8.42 Å². The van der Waals surface area contributed by atoms with E-state index >= 15 is 0 Å². The summed E-state index contributed by atoms with van der Waals surface area (Å²) in [6, 6.07) is 16.1. The van der Waals surface area contributed by atoms with Crippen LogP contribution in [-0.2, 0) is 16.5 Å². The Balaban J connectivity index is 2.37. The summed E-state index contributed by atoms with van der Waals surface area (Å²) in [5.41, 5.74) is 2.45. The van der Waals surface area contributed by atoms with Crippen LogP contribution >= 0.6 is 11.6 Å². The standard InChI is InChI=1S/C13H10ClO2S/c14-13-8-11(10-4-2-1-3-5-10)6-7-12(13)9-17(15)16/h1-5,7-8,17H,9H2. The summed E-state index contributed by atoms with van der Waals surface area (Å²) in [4.78, 5) is 0. The first-order valence-corrected chi connectivity index (χ1v) is 6.78. The van der Waals surface area contributed by atoms with E-state index in [4.69, 9.17) is 11.6 Å². The second kappa shape index (κ2) is 5.34. The largest absolute Gasteiger partial charge is 0.232 e. The Morgan fingerprint density at radius 1 is 1.18 bits per heavy atom. The van der Waals surface area contributed by atoms with Crippen LogP contribution in [0.3, 0.4) is 0 Å². The molecule has 1 radical (unpaired) electrons. The Bertz CT molecular complexity index is 584. The van der Waals surface area contributed by atoms with Crippen LogP contribution in [0.5, 0.6) is 0 Å². The molecular formula is C13H10ClO2S. The predicted molar refractivity (Wildman–Crippen MR) is 69.7 cm³/mol. The lowest BCUT2D eigenvalue weighted by Crippen LogP contribution is -1.89. The summed E-state index contributed by atoms with van der Waals surface area (Å²) in [7, 11) is -2.46. The van der Waals surface area contributed by atoms with Crippen LogP contribution in [0.1, 0.15) is 5.56 Å². The zero-order valence-electron chi connectivity index (χ0n) is 8.89. The van der Waals surface area contributed by atoms with Crippen molar-refractivity contribution in [2.75, 3.05) is 0 Å². The van der Waals surface area contributed by atoms with Gasteiger partial charge in [0.1, 0.15) is 10.7 Å². The van der Waals surface area contributed by atoms with Gasteiger partial charge in [-0.15, -0.1) is 0 Å². The predicted octanol–water partition coefficient (Wildman–Crippen LogP) is 2.92. The van der Waals surface area contributed by atoms with Crippen LogP contribution in [0, 0.1) is 6.07 Å². The lowest BCUT2D eigenvalue weighted by atomic mass is 10.0. The molecular weight excluding hydrogens is 256 g/mol. The van der Waals surface area contributed by atoms with Gasteiger partial charge < -0.3 is 0 Å². The van der Waals surface area contributed by atoms with Crippen LogP contribution < -0.4 is 0 Å². The molecule has 0 unspecified atom stereocenters. The molecule has 4 heteroatoms. The molecule has 17 heavy (non-hydrogen) atoms. The summed E-state index contributed by atoms with van der Waals surface area (Å²) >= 11 is 6.04. The lowest BCUT2D eigenvalue weighted by Gasteiger charge is -2.04. The van der Waals surface area contributed by atoms with Gasteiger partial charge in [0.25, 0.3) is 0 Å². The monoisotopic (exact) mass is 265 g/mol. The maximum Gasteiger partial charge on any atom is 0.144 e. The lowest BCUT2D eigenvalue weighted by molar-refractivity contribution is 0.614.